The van der Waals surface area contributed by atoms with Gasteiger partial charge in [0.1, 0.15) is 10.7 Å². The van der Waals surface area contributed by atoms with Crippen LogP contribution in [0, 0.1) is 5.82 Å². The lowest BCUT2D eigenvalue weighted by molar-refractivity contribution is -0.123. The van der Waals surface area contributed by atoms with Crippen LogP contribution >= 0.6 is 24.2 Å². The van der Waals surface area contributed by atoms with Crippen LogP contribution < -0.4 is 10.6 Å². The van der Waals surface area contributed by atoms with E-state index in [0.29, 0.717) is 11.3 Å². The van der Waals surface area contributed by atoms with Gasteiger partial charge in [0.2, 0.25) is 5.91 Å². The van der Waals surface area contributed by atoms with Gasteiger partial charge in [-0.05, 0) is 24.6 Å². The van der Waals surface area contributed by atoms with Gasteiger partial charge in [-0.1, -0.05) is 6.07 Å². The number of thioether (sulfide) groups is 1. The fourth-order valence-electron chi connectivity index (χ4n) is 2.05. The minimum Gasteiger partial charge on any atom is -0.348 e. The number of rotatable bonds is 4. The van der Waals surface area contributed by atoms with E-state index in [9.17, 15) is 17.6 Å². The van der Waals surface area contributed by atoms with E-state index < -0.39 is 21.7 Å². The van der Waals surface area contributed by atoms with E-state index in [-0.39, 0.29) is 29.3 Å². The Kier molecular flexibility index (Phi) is 6.66. The second-order valence-corrected chi connectivity index (χ2v) is 7.98. The molecule has 1 aliphatic rings. The van der Waals surface area contributed by atoms with Gasteiger partial charge in [-0.25, -0.2) is 12.8 Å². The topological polar surface area (TPSA) is 75.3 Å². The van der Waals surface area contributed by atoms with Gasteiger partial charge in [-0.2, -0.15) is 0 Å². The van der Waals surface area contributed by atoms with Crippen molar-refractivity contribution >= 4 is 39.9 Å². The molecule has 1 saturated heterocycles. The first-order chi connectivity index (χ1) is 9.79. The van der Waals surface area contributed by atoms with Crippen molar-refractivity contribution in [3.05, 3.63) is 29.6 Å². The van der Waals surface area contributed by atoms with Crippen LogP contribution in [0.2, 0.25) is 0 Å². The summed E-state index contributed by atoms with van der Waals surface area (Å²) in [5.74, 6) is 0.509. The highest BCUT2D eigenvalue weighted by atomic mass is 35.5. The van der Waals surface area contributed by atoms with E-state index in [1.807, 2.05) is 0 Å². The SMILES string of the molecule is CC(NC(=O)C1CSCN1)c1ccc(S(C)(=O)=O)c(F)c1.Cl. The van der Waals surface area contributed by atoms with Crippen molar-refractivity contribution in [1.29, 1.82) is 0 Å². The molecule has 2 atom stereocenters. The summed E-state index contributed by atoms with van der Waals surface area (Å²) in [7, 11) is -3.59. The summed E-state index contributed by atoms with van der Waals surface area (Å²) in [5.41, 5.74) is 0.527. The van der Waals surface area contributed by atoms with Gasteiger partial charge >= 0.3 is 0 Å². The summed E-state index contributed by atoms with van der Waals surface area (Å²) in [6, 6.07) is 3.26. The molecule has 2 rings (SSSR count). The molecule has 2 unspecified atom stereocenters. The molecule has 2 N–H and O–H groups in total. The molecule has 1 fully saturated rings. The molecule has 0 bridgehead atoms. The van der Waals surface area contributed by atoms with Crippen LogP contribution in [-0.4, -0.2) is 38.3 Å². The maximum Gasteiger partial charge on any atom is 0.238 e. The number of hydrogen-bond acceptors (Lipinski definition) is 5. The van der Waals surface area contributed by atoms with Crippen molar-refractivity contribution in [3.63, 3.8) is 0 Å². The van der Waals surface area contributed by atoms with Crippen LogP contribution in [0.3, 0.4) is 0 Å². The number of benzene rings is 1. The number of amides is 1. The number of nitrogens with one attached hydrogen (secondary N) is 2. The fraction of sp³-hybridized carbons (Fsp3) is 0.462. The van der Waals surface area contributed by atoms with Gasteiger partial charge < -0.3 is 5.32 Å². The summed E-state index contributed by atoms with van der Waals surface area (Å²) in [6.07, 6.45) is 0.958. The lowest BCUT2D eigenvalue weighted by Crippen LogP contribution is -2.42. The van der Waals surface area contributed by atoms with Crippen LogP contribution in [-0.2, 0) is 14.6 Å². The molecule has 1 amide bonds. The minimum absolute atomic E-state index is 0. The molecular weight excluding hydrogens is 351 g/mol. The highest BCUT2D eigenvalue weighted by Gasteiger charge is 2.24. The van der Waals surface area contributed by atoms with E-state index in [4.69, 9.17) is 0 Å². The van der Waals surface area contributed by atoms with E-state index >= 15 is 0 Å². The van der Waals surface area contributed by atoms with Crippen molar-refractivity contribution in [2.45, 2.75) is 23.9 Å². The Hall–Kier alpha value is -0.830. The van der Waals surface area contributed by atoms with Crippen molar-refractivity contribution in [1.82, 2.24) is 10.6 Å². The molecule has 22 heavy (non-hydrogen) atoms. The fourth-order valence-corrected chi connectivity index (χ4v) is 3.72. The number of carbonyl (C=O) groups is 1. The lowest BCUT2D eigenvalue weighted by Gasteiger charge is -2.17. The molecule has 0 spiro atoms. The Morgan fingerprint density at radius 1 is 1.50 bits per heavy atom. The highest BCUT2D eigenvalue weighted by Crippen LogP contribution is 2.20. The second-order valence-electron chi connectivity index (χ2n) is 4.96. The van der Waals surface area contributed by atoms with E-state index in [1.165, 1.54) is 12.1 Å². The van der Waals surface area contributed by atoms with Crippen molar-refractivity contribution < 1.29 is 17.6 Å². The van der Waals surface area contributed by atoms with Crippen LogP contribution in [0.1, 0.15) is 18.5 Å². The largest absolute Gasteiger partial charge is 0.348 e. The summed E-state index contributed by atoms with van der Waals surface area (Å²) < 4.78 is 36.6. The molecular formula is C13H18ClFN2O3S2. The third-order valence-electron chi connectivity index (χ3n) is 3.25. The Labute approximate surface area is 139 Å². The molecule has 1 aliphatic heterocycles. The molecule has 0 aliphatic carbocycles. The Morgan fingerprint density at radius 3 is 2.68 bits per heavy atom. The summed E-state index contributed by atoms with van der Waals surface area (Å²) >= 11 is 1.64. The van der Waals surface area contributed by atoms with Gasteiger partial charge in [-0.15, -0.1) is 24.2 Å². The molecule has 5 nitrogen and oxygen atoms in total. The number of hydrogen-bond donors (Lipinski definition) is 2. The van der Waals surface area contributed by atoms with Crippen LogP contribution in [0.5, 0.6) is 0 Å². The zero-order valence-electron chi connectivity index (χ0n) is 12.1. The molecule has 9 heteroatoms. The van der Waals surface area contributed by atoms with E-state index in [1.54, 1.807) is 18.7 Å². The average molecular weight is 369 g/mol. The maximum atomic E-state index is 13.8. The van der Waals surface area contributed by atoms with Gasteiger partial charge in [0.25, 0.3) is 0 Å². The zero-order valence-corrected chi connectivity index (χ0v) is 14.6. The molecule has 0 aromatic heterocycles. The standard InChI is InChI=1S/C13H17FN2O3S2.ClH/c1-8(16-13(17)11-6-20-7-15-11)9-3-4-12(10(14)5-9)21(2,18)19;/h3-5,8,11,15H,6-7H2,1-2H3,(H,16,17);1H. The third kappa shape index (κ3) is 4.58. The predicted molar refractivity (Wildman–Crippen MR) is 87.6 cm³/mol. The first-order valence-electron chi connectivity index (χ1n) is 6.40. The molecule has 1 aromatic carbocycles. The number of carbonyl (C=O) groups excluding carboxylic acids is 1. The van der Waals surface area contributed by atoms with Gasteiger partial charge in [-0.3, -0.25) is 10.1 Å². The summed E-state index contributed by atoms with van der Waals surface area (Å²) in [6.45, 7) is 1.73. The average Bonchev–Trinajstić information content (AvgIpc) is 2.90. The highest BCUT2D eigenvalue weighted by molar-refractivity contribution is 7.99. The van der Waals surface area contributed by atoms with Gasteiger partial charge in [0, 0.05) is 17.9 Å². The third-order valence-corrected chi connectivity index (χ3v) is 5.32. The Balaban J connectivity index is 0.00000242. The first-order valence-corrected chi connectivity index (χ1v) is 9.44. The predicted octanol–water partition coefficient (Wildman–Crippen LogP) is 1.49. The Bertz CT molecular complexity index is 649. The van der Waals surface area contributed by atoms with Crippen LogP contribution in [0.15, 0.2) is 23.1 Å². The lowest BCUT2D eigenvalue weighted by atomic mass is 10.1. The minimum atomic E-state index is -3.59. The van der Waals surface area contributed by atoms with Crippen molar-refractivity contribution in [3.8, 4) is 0 Å². The quantitative estimate of drug-likeness (QED) is 0.842. The zero-order chi connectivity index (χ0) is 15.6. The number of halogens is 2. The molecule has 0 radical (unpaired) electrons. The maximum absolute atomic E-state index is 13.8. The summed E-state index contributed by atoms with van der Waals surface area (Å²) in [4.78, 5) is 11.6. The van der Waals surface area contributed by atoms with Crippen LogP contribution in [0.4, 0.5) is 4.39 Å². The molecule has 1 aromatic rings. The van der Waals surface area contributed by atoms with Crippen molar-refractivity contribution in [2.75, 3.05) is 17.9 Å². The molecule has 0 saturated carbocycles. The second kappa shape index (κ2) is 7.63. The first kappa shape index (κ1) is 19.2. The van der Waals surface area contributed by atoms with Gasteiger partial charge in [0.05, 0.1) is 12.1 Å². The van der Waals surface area contributed by atoms with Crippen molar-refractivity contribution in [2.24, 2.45) is 0 Å². The normalized spacial score (nSPS) is 19.3. The van der Waals surface area contributed by atoms with E-state index in [0.717, 1.165) is 18.2 Å². The van der Waals surface area contributed by atoms with Gasteiger partial charge in [0.15, 0.2) is 9.84 Å². The number of sulfone groups is 1. The molecule has 124 valence electrons. The summed E-state index contributed by atoms with van der Waals surface area (Å²) in [5, 5.41) is 5.84. The Morgan fingerprint density at radius 2 is 2.18 bits per heavy atom. The monoisotopic (exact) mass is 368 g/mol. The van der Waals surface area contributed by atoms with E-state index in [2.05, 4.69) is 10.6 Å². The molecule has 1 heterocycles. The van der Waals surface area contributed by atoms with Crippen LogP contribution in [0.25, 0.3) is 0 Å². The smallest absolute Gasteiger partial charge is 0.238 e.